The first-order valence-electron chi connectivity index (χ1n) is 4.64. The van der Waals surface area contributed by atoms with Crippen molar-refractivity contribution in [3.05, 3.63) is 36.0 Å². The number of aliphatic imine (C=N–C) groups is 1. The van der Waals surface area contributed by atoms with E-state index in [0.717, 1.165) is 5.76 Å². The van der Waals surface area contributed by atoms with Crippen LogP contribution in [0, 0.1) is 0 Å². The van der Waals surface area contributed by atoms with E-state index in [4.69, 9.17) is 9.15 Å². The normalized spacial score (nSPS) is 11.1. The van der Waals surface area contributed by atoms with E-state index in [0.29, 0.717) is 18.3 Å². The molecule has 0 aromatic carbocycles. The lowest BCUT2D eigenvalue weighted by atomic mass is 10.4. The molecule has 82 valence electrons. The molecule has 0 unspecified atom stereocenters. The van der Waals surface area contributed by atoms with Gasteiger partial charge in [-0.05, 0) is 12.1 Å². The molecule has 0 radical (unpaired) electrons. The van der Waals surface area contributed by atoms with Gasteiger partial charge in [-0.2, -0.15) is 5.10 Å². The van der Waals surface area contributed by atoms with Crippen LogP contribution in [-0.4, -0.2) is 28.5 Å². The molecule has 0 bridgehead atoms. The van der Waals surface area contributed by atoms with Crippen LogP contribution in [0.1, 0.15) is 11.5 Å². The van der Waals surface area contributed by atoms with Crippen LogP contribution in [0.3, 0.4) is 0 Å². The van der Waals surface area contributed by atoms with Gasteiger partial charge in [-0.15, -0.1) is 5.10 Å². The summed E-state index contributed by atoms with van der Waals surface area (Å²) in [5.41, 5.74) is 0. The third-order valence-electron chi connectivity index (χ3n) is 1.75. The molecule has 2 aromatic heterocycles. The van der Waals surface area contributed by atoms with Gasteiger partial charge in [-0.1, -0.05) is 0 Å². The van der Waals surface area contributed by atoms with Crippen molar-refractivity contribution in [2.24, 2.45) is 4.99 Å². The summed E-state index contributed by atoms with van der Waals surface area (Å²) in [7, 11) is 1.61. The molecular formula is C10H10N4O2. The Morgan fingerprint density at radius 3 is 3.12 bits per heavy atom. The fourth-order valence-corrected chi connectivity index (χ4v) is 1.10. The first kappa shape index (κ1) is 10.4. The Balaban J connectivity index is 2.06. The maximum atomic E-state index is 5.40. The minimum Gasteiger partial charge on any atom is -0.458 e. The van der Waals surface area contributed by atoms with Crippen LogP contribution in [0.4, 0.5) is 5.95 Å². The van der Waals surface area contributed by atoms with Crippen molar-refractivity contribution in [2.75, 3.05) is 7.11 Å². The number of hydrogen-bond acceptors (Lipinski definition) is 6. The largest absolute Gasteiger partial charge is 0.458 e. The second kappa shape index (κ2) is 5.13. The standard InChI is InChI=1S/C10H10N4O2/c1-15-7-9-3-2-8(16-9)6-12-10-11-4-5-13-14-10/h2-6H,7H2,1H3. The maximum Gasteiger partial charge on any atom is 0.268 e. The van der Waals surface area contributed by atoms with Crippen molar-refractivity contribution in [1.29, 1.82) is 0 Å². The van der Waals surface area contributed by atoms with Crippen LogP contribution in [0.15, 0.2) is 33.9 Å². The molecule has 0 spiro atoms. The zero-order chi connectivity index (χ0) is 11.2. The second-order valence-electron chi connectivity index (χ2n) is 2.94. The summed E-state index contributed by atoms with van der Waals surface area (Å²) in [4.78, 5) is 7.90. The van der Waals surface area contributed by atoms with E-state index in [2.05, 4.69) is 20.2 Å². The van der Waals surface area contributed by atoms with Crippen LogP contribution in [-0.2, 0) is 11.3 Å². The van der Waals surface area contributed by atoms with Gasteiger partial charge >= 0.3 is 0 Å². The van der Waals surface area contributed by atoms with Gasteiger partial charge in [0.1, 0.15) is 18.1 Å². The maximum absolute atomic E-state index is 5.40. The highest BCUT2D eigenvalue weighted by Gasteiger charge is 1.99. The topological polar surface area (TPSA) is 73.4 Å². The van der Waals surface area contributed by atoms with Gasteiger partial charge in [0.15, 0.2) is 0 Å². The molecule has 0 fully saturated rings. The molecule has 0 saturated heterocycles. The fourth-order valence-electron chi connectivity index (χ4n) is 1.10. The van der Waals surface area contributed by atoms with Crippen molar-refractivity contribution in [1.82, 2.24) is 15.2 Å². The number of nitrogens with zero attached hydrogens (tertiary/aromatic N) is 4. The average molecular weight is 218 g/mol. The first-order chi connectivity index (χ1) is 7.88. The van der Waals surface area contributed by atoms with Crippen molar-refractivity contribution in [3.63, 3.8) is 0 Å². The lowest BCUT2D eigenvalue weighted by Crippen LogP contribution is -1.84. The van der Waals surface area contributed by atoms with Crippen molar-refractivity contribution in [2.45, 2.75) is 6.61 Å². The molecule has 0 atom stereocenters. The van der Waals surface area contributed by atoms with Gasteiger partial charge in [0, 0.05) is 7.11 Å². The third-order valence-corrected chi connectivity index (χ3v) is 1.75. The number of hydrogen-bond donors (Lipinski definition) is 0. The average Bonchev–Trinajstić information content (AvgIpc) is 2.76. The van der Waals surface area contributed by atoms with Crippen molar-refractivity contribution >= 4 is 12.2 Å². The van der Waals surface area contributed by atoms with Crippen LogP contribution < -0.4 is 0 Å². The predicted octanol–water partition coefficient (Wildman–Crippen LogP) is 1.36. The molecule has 6 nitrogen and oxygen atoms in total. The summed E-state index contributed by atoms with van der Waals surface area (Å²) < 4.78 is 10.3. The number of ether oxygens (including phenoxy) is 1. The van der Waals surface area contributed by atoms with Crippen LogP contribution in [0.2, 0.25) is 0 Å². The quantitative estimate of drug-likeness (QED) is 0.724. The summed E-state index contributed by atoms with van der Waals surface area (Å²) in [5, 5.41) is 7.37. The van der Waals surface area contributed by atoms with Crippen molar-refractivity contribution in [3.8, 4) is 0 Å². The third kappa shape index (κ3) is 2.71. The Morgan fingerprint density at radius 1 is 1.44 bits per heavy atom. The van der Waals surface area contributed by atoms with Crippen LogP contribution in [0.5, 0.6) is 0 Å². The van der Waals surface area contributed by atoms with Crippen LogP contribution in [0.25, 0.3) is 0 Å². The summed E-state index contributed by atoms with van der Waals surface area (Å²) in [5.74, 6) is 1.67. The zero-order valence-electron chi connectivity index (χ0n) is 8.70. The van der Waals surface area contributed by atoms with E-state index in [1.165, 1.54) is 18.6 Å². The van der Waals surface area contributed by atoms with Crippen LogP contribution >= 0.6 is 0 Å². The fraction of sp³-hybridized carbons (Fsp3) is 0.200. The van der Waals surface area contributed by atoms with Gasteiger partial charge in [0.05, 0.1) is 18.6 Å². The number of rotatable bonds is 4. The monoisotopic (exact) mass is 218 g/mol. The number of methoxy groups -OCH3 is 1. The van der Waals surface area contributed by atoms with Crippen molar-refractivity contribution < 1.29 is 9.15 Å². The molecule has 2 aromatic rings. The SMILES string of the molecule is COCc1ccc(C=Nc2nccnn2)o1. The summed E-state index contributed by atoms with van der Waals surface area (Å²) >= 11 is 0. The van der Waals surface area contributed by atoms with Gasteiger partial charge in [-0.25, -0.2) is 9.98 Å². The van der Waals surface area contributed by atoms with E-state index >= 15 is 0 Å². The Morgan fingerprint density at radius 2 is 2.38 bits per heavy atom. The van der Waals surface area contributed by atoms with Gasteiger partial charge in [0.25, 0.3) is 5.95 Å². The molecule has 0 saturated carbocycles. The Kier molecular flexibility index (Phi) is 3.35. The predicted molar refractivity (Wildman–Crippen MR) is 56.5 cm³/mol. The molecule has 0 aliphatic rings. The summed E-state index contributed by atoms with van der Waals surface area (Å²) in [6.07, 6.45) is 4.55. The number of aromatic nitrogens is 3. The Bertz CT molecular complexity index is 467. The van der Waals surface area contributed by atoms with Gasteiger partial charge < -0.3 is 9.15 Å². The molecule has 2 heterocycles. The zero-order valence-corrected chi connectivity index (χ0v) is 8.70. The molecular weight excluding hydrogens is 208 g/mol. The van der Waals surface area contributed by atoms with E-state index in [1.54, 1.807) is 13.2 Å². The van der Waals surface area contributed by atoms with E-state index in [1.807, 2.05) is 6.07 Å². The highest BCUT2D eigenvalue weighted by molar-refractivity contribution is 5.77. The lowest BCUT2D eigenvalue weighted by Gasteiger charge is -1.91. The first-order valence-corrected chi connectivity index (χ1v) is 4.64. The molecule has 6 heteroatoms. The van der Waals surface area contributed by atoms with E-state index < -0.39 is 0 Å². The van der Waals surface area contributed by atoms with Gasteiger partial charge in [-0.3, -0.25) is 0 Å². The molecule has 16 heavy (non-hydrogen) atoms. The Hall–Kier alpha value is -2.08. The Labute approximate surface area is 92.0 Å². The molecule has 0 aliphatic heterocycles. The van der Waals surface area contributed by atoms with E-state index in [-0.39, 0.29) is 0 Å². The molecule has 0 amide bonds. The minimum atomic E-state index is 0.298. The second-order valence-corrected chi connectivity index (χ2v) is 2.94. The minimum absolute atomic E-state index is 0.298. The highest BCUT2D eigenvalue weighted by atomic mass is 16.5. The smallest absolute Gasteiger partial charge is 0.268 e. The summed E-state index contributed by atoms with van der Waals surface area (Å²) in [6.45, 7) is 0.442. The lowest BCUT2D eigenvalue weighted by molar-refractivity contribution is 0.164. The molecule has 0 N–H and O–H groups in total. The van der Waals surface area contributed by atoms with Gasteiger partial charge in [0.2, 0.25) is 0 Å². The summed E-state index contributed by atoms with van der Waals surface area (Å²) in [6, 6.07) is 3.63. The highest BCUT2D eigenvalue weighted by Crippen LogP contribution is 2.07. The number of furan rings is 1. The molecule has 2 rings (SSSR count). The molecule has 0 aliphatic carbocycles. The van der Waals surface area contributed by atoms with E-state index in [9.17, 15) is 0 Å².